The van der Waals surface area contributed by atoms with Crippen LogP contribution in [-0.2, 0) is 16.0 Å². The molecule has 0 N–H and O–H groups in total. The zero-order valence-corrected chi connectivity index (χ0v) is 15.1. The van der Waals surface area contributed by atoms with E-state index < -0.39 is 0 Å². The maximum atomic E-state index is 12.7. The van der Waals surface area contributed by atoms with Crippen molar-refractivity contribution in [1.82, 2.24) is 14.9 Å². The number of fused-ring (bicyclic) bond motifs is 1. The highest BCUT2D eigenvalue weighted by Gasteiger charge is 2.27. The van der Waals surface area contributed by atoms with Crippen molar-refractivity contribution >= 4 is 11.6 Å². The summed E-state index contributed by atoms with van der Waals surface area (Å²) in [6, 6.07) is 10.3. The Balaban J connectivity index is 1.35. The molecular formula is C20H24N4O2. The van der Waals surface area contributed by atoms with Crippen LogP contribution in [0.15, 0.2) is 36.5 Å². The predicted octanol–water partition coefficient (Wildman–Crippen LogP) is 2.14. The van der Waals surface area contributed by atoms with Gasteiger partial charge in [-0.15, -0.1) is 0 Å². The van der Waals surface area contributed by atoms with E-state index in [0.717, 1.165) is 31.0 Å². The van der Waals surface area contributed by atoms with Gasteiger partial charge in [-0.3, -0.25) is 4.79 Å². The highest BCUT2D eigenvalue weighted by Crippen LogP contribution is 2.27. The number of aromatic nitrogens is 2. The summed E-state index contributed by atoms with van der Waals surface area (Å²) in [5.41, 5.74) is 3.51. The van der Waals surface area contributed by atoms with Gasteiger partial charge in [0, 0.05) is 37.9 Å². The van der Waals surface area contributed by atoms with Gasteiger partial charge in [-0.25, -0.2) is 9.97 Å². The lowest BCUT2D eigenvalue weighted by Crippen LogP contribution is -2.43. The number of carbonyl (C=O) groups is 1. The number of benzene rings is 1. The number of nitrogens with zero attached hydrogens (tertiary/aromatic N) is 4. The molecule has 4 rings (SSSR count). The van der Waals surface area contributed by atoms with Crippen LogP contribution in [-0.4, -0.2) is 53.6 Å². The minimum absolute atomic E-state index is 0.165. The van der Waals surface area contributed by atoms with E-state index in [9.17, 15) is 4.79 Å². The highest BCUT2D eigenvalue weighted by atomic mass is 16.5. The zero-order chi connectivity index (χ0) is 17.9. The van der Waals surface area contributed by atoms with Gasteiger partial charge < -0.3 is 14.5 Å². The Morgan fingerprint density at radius 1 is 1.27 bits per heavy atom. The van der Waals surface area contributed by atoms with Crippen LogP contribution in [0.4, 0.5) is 5.69 Å². The van der Waals surface area contributed by atoms with E-state index in [2.05, 4.69) is 39.1 Å². The molecular weight excluding hydrogens is 328 g/mol. The van der Waals surface area contributed by atoms with E-state index in [1.807, 2.05) is 17.9 Å². The number of para-hydroxylation sites is 1. The van der Waals surface area contributed by atoms with Gasteiger partial charge in [0.25, 0.3) is 0 Å². The van der Waals surface area contributed by atoms with E-state index in [4.69, 9.17) is 4.74 Å². The Kier molecular flexibility index (Phi) is 4.84. The summed E-state index contributed by atoms with van der Waals surface area (Å²) in [7, 11) is 0. The summed E-state index contributed by atoms with van der Waals surface area (Å²) in [5, 5.41) is 0. The fourth-order valence-corrected chi connectivity index (χ4v) is 3.74. The van der Waals surface area contributed by atoms with Crippen LogP contribution in [0.3, 0.4) is 0 Å². The second-order valence-electron chi connectivity index (χ2n) is 6.84. The van der Waals surface area contributed by atoms with Gasteiger partial charge in [0.2, 0.25) is 5.91 Å². The van der Waals surface area contributed by atoms with E-state index >= 15 is 0 Å². The van der Waals surface area contributed by atoms with Crippen molar-refractivity contribution in [3.63, 3.8) is 0 Å². The first-order valence-electron chi connectivity index (χ1n) is 9.22. The quantitative estimate of drug-likeness (QED) is 0.844. The standard InChI is InChI=1S/C20H24N4O2/c1-15-21-9-6-17(22-15)19-14-24(12-13-26-19)20(25)8-11-23-10-7-16-4-2-3-5-18(16)23/h2-6,9,19H,7-8,10-14H2,1H3/t19-/m1/s1. The monoisotopic (exact) mass is 352 g/mol. The summed E-state index contributed by atoms with van der Waals surface area (Å²) in [6.07, 6.45) is 3.18. The average Bonchev–Trinajstić information content (AvgIpc) is 3.09. The maximum absolute atomic E-state index is 12.7. The number of carbonyl (C=O) groups excluding carboxylic acids is 1. The molecule has 0 unspecified atom stereocenters. The molecule has 6 heteroatoms. The van der Waals surface area contributed by atoms with E-state index in [1.54, 1.807) is 6.20 Å². The van der Waals surface area contributed by atoms with Gasteiger partial charge in [-0.1, -0.05) is 18.2 Å². The molecule has 2 aliphatic heterocycles. The van der Waals surface area contributed by atoms with Crippen LogP contribution in [0, 0.1) is 6.92 Å². The number of ether oxygens (including phenoxy) is 1. The number of morpholine rings is 1. The average molecular weight is 352 g/mol. The van der Waals surface area contributed by atoms with Gasteiger partial charge >= 0.3 is 0 Å². The maximum Gasteiger partial charge on any atom is 0.224 e. The van der Waals surface area contributed by atoms with Crippen LogP contribution in [0.25, 0.3) is 0 Å². The molecule has 0 aliphatic carbocycles. The van der Waals surface area contributed by atoms with Crippen LogP contribution in [0.2, 0.25) is 0 Å². The van der Waals surface area contributed by atoms with Gasteiger partial charge in [-0.05, 0) is 31.0 Å². The first kappa shape index (κ1) is 17.0. The Morgan fingerprint density at radius 2 is 2.15 bits per heavy atom. The number of anilines is 1. The van der Waals surface area contributed by atoms with Gasteiger partial charge in [-0.2, -0.15) is 0 Å². The molecule has 2 aliphatic rings. The van der Waals surface area contributed by atoms with Gasteiger partial charge in [0.15, 0.2) is 0 Å². The third-order valence-electron chi connectivity index (χ3n) is 5.13. The topological polar surface area (TPSA) is 58.6 Å². The van der Waals surface area contributed by atoms with Crippen LogP contribution in [0.5, 0.6) is 0 Å². The summed E-state index contributed by atoms with van der Waals surface area (Å²) in [5.74, 6) is 0.913. The second kappa shape index (κ2) is 7.41. The Morgan fingerprint density at radius 3 is 3.04 bits per heavy atom. The molecule has 3 heterocycles. The fourth-order valence-electron chi connectivity index (χ4n) is 3.74. The highest BCUT2D eigenvalue weighted by molar-refractivity contribution is 5.77. The van der Waals surface area contributed by atoms with E-state index in [0.29, 0.717) is 26.1 Å². The molecule has 6 nitrogen and oxygen atoms in total. The Bertz CT molecular complexity index is 795. The number of hydrogen-bond donors (Lipinski definition) is 0. The Labute approximate surface area is 153 Å². The van der Waals surface area contributed by atoms with Crippen LogP contribution in [0.1, 0.15) is 29.6 Å². The molecule has 0 radical (unpaired) electrons. The van der Waals surface area contributed by atoms with E-state index in [1.165, 1.54) is 11.3 Å². The van der Waals surface area contributed by atoms with E-state index in [-0.39, 0.29) is 12.0 Å². The summed E-state index contributed by atoms with van der Waals surface area (Å²) in [4.78, 5) is 25.5. The Hall–Kier alpha value is -2.47. The number of hydrogen-bond acceptors (Lipinski definition) is 5. The van der Waals surface area contributed by atoms with Crippen molar-refractivity contribution in [2.45, 2.75) is 25.9 Å². The van der Waals surface area contributed by atoms with Gasteiger partial charge in [0.1, 0.15) is 11.9 Å². The third-order valence-corrected chi connectivity index (χ3v) is 5.13. The molecule has 1 saturated heterocycles. The smallest absolute Gasteiger partial charge is 0.224 e. The number of aryl methyl sites for hydroxylation is 1. The summed E-state index contributed by atoms with van der Waals surface area (Å²) < 4.78 is 5.83. The minimum Gasteiger partial charge on any atom is -0.370 e. The summed E-state index contributed by atoms with van der Waals surface area (Å²) >= 11 is 0. The molecule has 0 saturated carbocycles. The molecule has 0 bridgehead atoms. The number of rotatable bonds is 4. The molecule has 1 aromatic heterocycles. The largest absolute Gasteiger partial charge is 0.370 e. The first-order chi connectivity index (χ1) is 12.7. The fraction of sp³-hybridized carbons (Fsp3) is 0.450. The van der Waals surface area contributed by atoms with Crippen molar-refractivity contribution in [2.75, 3.05) is 37.7 Å². The molecule has 2 aromatic rings. The zero-order valence-electron chi connectivity index (χ0n) is 15.1. The molecule has 1 aromatic carbocycles. The normalized spacial score (nSPS) is 19.5. The lowest BCUT2D eigenvalue weighted by Gasteiger charge is -2.33. The molecule has 26 heavy (non-hydrogen) atoms. The van der Waals surface area contributed by atoms with Gasteiger partial charge in [0.05, 0.1) is 18.8 Å². The summed E-state index contributed by atoms with van der Waals surface area (Å²) in [6.45, 7) is 5.39. The van der Waals surface area contributed by atoms with Crippen molar-refractivity contribution in [3.8, 4) is 0 Å². The second-order valence-corrected chi connectivity index (χ2v) is 6.84. The molecule has 1 atom stereocenters. The lowest BCUT2D eigenvalue weighted by atomic mass is 10.1. The first-order valence-corrected chi connectivity index (χ1v) is 9.22. The molecule has 136 valence electrons. The SMILES string of the molecule is Cc1nccc([C@H]2CN(C(=O)CCN3CCc4ccccc43)CCO2)n1. The van der Waals surface area contributed by atoms with Crippen LogP contribution < -0.4 is 4.90 Å². The third kappa shape index (κ3) is 3.55. The lowest BCUT2D eigenvalue weighted by molar-refractivity contribution is -0.138. The molecule has 1 fully saturated rings. The molecule has 0 spiro atoms. The van der Waals surface area contributed by atoms with Crippen molar-refractivity contribution in [3.05, 3.63) is 53.6 Å². The van der Waals surface area contributed by atoms with Crippen molar-refractivity contribution < 1.29 is 9.53 Å². The predicted molar refractivity (Wildman–Crippen MR) is 99.0 cm³/mol. The number of amides is 1. The van der Waals surface area contributed by atoms with Crippen molar-refractivity contribution in [1.29, 1.82) is 0 Å². The molecule has 1 amide bonds. The van der Waals surface area contributed by atoms with Crippen LogP contribution >= 0.6 is 0 Å². The minimum atomic E-state index is -0.165. The van der Waals surface area contributed by atoms with Crippen molar-refractivity contribution in [2.24, 2.45) is 0 Å².